The summed E-state index contributed by atoms with van der Waals surface area (Å²) in [5.74, 6) is -0.495. The summed E-state index contributed by atoms with van der Waals surface area (Å²) in [6, 6.07) is 4.64. The first kappa shape index (κ1) is 18.7. The van der Waals surface area contributed by atoms with E-state index in [9.17, 15) is 18.0 Å². The van der Waals surface area contributed by atoms with E-state index in [-0.39, 0.29) is 41.4 Å². The van der Waals surface area contributed by atoms with Gasteiger partial charge in [-0.3, -0.25) is 4.79 Å². The van der Waals surface area contributed by atoms with Gasteiger partial charge < -0.3 is 15.0 Å². The van der Waals surface area contributed by atoms with Gasteiger partial charge in [0, 0.05) is 12.1 Å². The number of nitrogens with one attached hydrogen (secondary N) is 1. The lowest BCUT2D eigenvalue weighted by Gasteiger charge is -2.30. The van der Waals surface area contributed by atoms with Crippen LogP contribution in [0.5, 0.6) is 5.75 Å². The number of carbonyl (C=O) groups is 2. The Labute approximate surface area is 153 Å². The molecule has 142 valence electrons. The van der Waals surface area contributed by atoms with Crippen LogP contribution >= 0.6 is 0 Å². The molecule has 7 nitrogen and oxygen atoms in total. The van der Waals surface area contributed by atoms with Crippen molar-refractivity contribution in [2.75, 3.05) is 23.7 Å². The molecule has 1 amide bonds. The van der Waals surface area contributed by atoms with Gasteiger partial charge in [0.2, 0.25) is 5.91 Å². The van der Waals surface area contributed by atoms with Crippen LogP contribution in [-0.2, 0) is 19.4 Å². The minimum atomic E-state index is -3.40. The maximum Gasteiger partial charge on any atom is 0.331 e. The molecule has 0 saturated heterocycles. The van der Waals surface area contributed by atoms with Crippen LogP contribution in [0.4, 0.5) is 5.69 Å². The average Bonchev–Trinajstić information content (AvgIpc) is 2.61. The first-order valence-electron chi connectivity index (χ1n) is 9.01. The Kier molecular flexibility index (Phi) is 5.50. The molecule has 2 aliphatic rings. The molecule has 26 heavy (non-hydrogen) atoms. The van der Waals surface area contributed by atoms with Crippen LogP contribution in [0.25, 0.3) is 0 Å². The van der Waals surface area contributed by atoms with Gasteiger partial charge in [-0.15, -0.1) is 0 Å². The SMILES string of the molecule is CCS(=O)(=O)c1ccc2c(c1)OC(=O)CN2CC(=O)NC1CCCCC1. The number of anilines is 1. The van der Waals surface area contributed by atoms with Gasteiger partial charge >= 0.3 is 5.97 Å². The summed E-state index contributed by atoms with van der Waals surface area (Å²) in [4.78, 5) is 26.0. The quantitative estimate of drug-likeness (QED) is 0.617. The number of fused-ring (bicyclic) bond motifs is 1. The van der Waals surface area contributed by atoms with E-state index in [4.69, 9.17) is 4.74 Å². The van der Waals surface area contributed by atoms with Crippen molar-refractivity contribution in [3.63, 3.8) is 0 Å². The summed E-state index contributed by atoms with van der Waals surface area (Å²) in [5.41, 5.74) is 0.554. The number of carbonyl (C=O) groups excluding carboxylic acids is 2. The lowest BCUT2D eigenvalue weighted by molar-refractivity contribution is -0.133. The molecule has 8 heteroatoms. The van der Waals surface area contributed by atoms with Crippen LogP contribution in [0.2, 0.25) is 0 Å². The predicted octanol–water partition coefficient (Wildman–Crippen LogP) is 1.65. The normalized spacial score (nSPS) is 18.2. The van der Waals surface area contributed by atoms with Crippen molar-refractivity contribution in [1.82, 2.24) is 5.32 Å². The smallest absolute Gasteiger partial charge is 0.331 e. The van der Waals surface area contributed by atoms with Gasteiger partial charge in [0.25, 0.3) is 0 Å². The van der Waals surface area contributed by atoms with Crippen LogP contribution < -0.4 is 15.0 Å². The number of rotatable bonds is 5. The molecule has 0 aromatic heterocycles. The van der Waals surface area contributed by atoms with Gasteiger partial charge in [0.1, 0.15) is 6.54 Å². The van der Waals surface area contributed by atoms with Crippen molar-refractivity contribution in [3.8, 4) is 5.75 Å². The van der Waals surface area contributed by atoms with E-state index < -0.39 is 15.8 Å². The number of sulfone groups is 1. The van der Waals surface area contributed by atoms with Crippen molar-refractivity contribution in [3.05, 3.63) is 18.2 Å². The number of benzene rings is 1. The van der Waals surface area contributed by atoms with E-state index in [1.807, 2.05) is 0 Å². The molecule has 3 rings (SSSR count). The van der Waals surface area contributed by atoms with E-state index in [1.54, 1.807) is 17.9 Å². The Bertz CT molecular complexity index is 800. The minimum absolute atomic E-state index is 0.0345. The third kappa shape index (κ3) is 4.17. The molecule has 1 aromatic rings. The molecule has 1 aliphatic carbocycles. The molecule has 0 radical (unpaired) electrons. The zero-order valence-electron chi connectivity index (χ0n) is 14.9. The monoisotopic (exact) mass is 380 g/mol. The van der Waals surface area contributed by atoms with E-state index in [0.717, 1.165) is 25.7 Å². The largest absolute Gasteiger partial charge is 0.423 e. The Morgan fingerprint density at radius 1 is 1.27 bits per heavy atom. The number of hydrogen-bond acceptors (Lipinski definition) is 6. The Hall–Kier alpha value is -2.09. The average molecular weight is 380 g/mol. The molecule has 1 N–H and O–H groups in total. The van der Waals surface area contributed by atoms with Crippen LogP contribution in [0.1, 0.15) is 39.0 Å². The first-order chi connectivity index (χ1) is 12.4. The zero-order valence-corrected chi connectivity index (χ0v) is 15.7. The van der Waals surface area contributed by atoms with Crippen LogP contribution in [-0.4, -0.2) is 45.2 Å². The van der Waals surface area contributed by atoms with Crippen LogP contribution in [0.15, 0.2) is 23.1 Å². The molecule has 1 heterocycles. The van der Waals surface area contributed by atoms with Gasteiger partial charge in [-0.25, -0.2) is 13.2 Å². The topological polar surface area (TPSA) is 92.8 Å². The van der Waals surface area contributed by atoms with Crippen molar-refractivity contribution in [2.45, 2.75) is 50.0 Å². The molecule has 0 unspecified atom stereocenters. The lowest BCUT2D eigenvalue weighted by Crippen LogP contribution is -2.46. The summed E-state index contributed by atoms with van der Waals surface area (Å²) in [7, 11) is -3.40. The van der Waals surface area contributed by atoms with Gasteiger partial charge in [0.15, 0.2) is 15.6 Å². The second-order valence-corrected chi connectivity index (χ2v) is 9.04. The number of hydrogen-bond donors (Lipinski definition) is 1. The van der Waals surface area contributed by atoms with Crippen LogP contribution in [0.3, 0.4) is 0 Å². The summed E-state index contributed by atoms with van der Waals surface area (Å²) in [6.07, 6.45) is 5.43. The highest BCUT2D eigenvalue weighted by molar-refractivity contribution is 7.91. The van der Waals surface area contributed by atoms with Gasteiger partial charge in [-0.05, 0) is 25.0 Å². The standard InChI is InChI=1S/C18H24N2O5S/c1-2-26(23,24)14-8-9-15-16(10-14)25-18(22)12-20(15)11-17(21)19-13-6-4-3-5-7-13/h8-10,13H,2-7,11-12H2,1H3,(H,19,21). The van der Waals surface area contributed by atoms with Gasteiger partial charge in [0.05, 0.1) is 22.9 Å². The summed E-state index contributed by atoms with van der Waals surface area (Å²) in [6.45, 7) is 1.56. The molecule has 1 aliphatic heterocycles. The highest BCUT2D eigenvalue weighted by atomic mass is 32.2. The molecular formula is C18H24N2O5S. The highest BCUT2D eigenvalue weighted by Crippen LogP contribution is 2.34. The second-order valence-electron chi connectivity index (χ2n) is 6.77. The summed E-state index contributed by atoms with van der Waals surface area (Å²) in [5, 5.41) is 3.03. The molecule has 1 fully saturated rings. The molecule has 0 bridgehead atoms. The molecular weight excluding hydrogens is 356 g/mol. The van der Waals surface area contributed by atoms with Crippen molar-refractivity contribution in [2.24, 2.45) is 0 Å². The van der Waals surface area contributed by atoms with E-state index in [0.29, 0.717) is 5.69 Å². The Morgan fingerprint density at radius 2 is 2.00 bits per heavy atom. The fraction of sp³-hybridized carbons (Fsp3) is 0.556. The number of ether oxygens (including phenoxy) is 1. The molecule has 1 aromatic carbocycles. The number of esters is 1. The zero-order chi connectivity index (χ0) is 18.7. The fourth-order valence-electron chi connectivity index (χ4n) is 3.43. The molecule has 0 spiro atoms. The fourth-order valence-corrected chi connectivity index (χ4v) is 4.32. The maximum atomic E-state index is 12.4. The first-order valence-corrected chi connectivity index (χ1v) is 10.7. The Morgan fingerprint density at radius 3 is 2.69 bits per heavy atom. The van der Waals surface area contributed by atoms with E-state index >= 15 is 0 Å². The predicted molar refractivity (Wildman–Crippen MR) is 97.0 cm³/mol. The minimum Gasteiger partial charge on any atom is -0.423 e. The van der Waals surface area contributed by atoms with E-state index in [1.165, 1.54) is 18.6 Å². The lowest BCUT2D eigenvalue weighted by atomic mass is 9.95. The number of nitrogens with zero attached hydrogens (tertiary/aromatic N) is 1. The highest BCUT2D eigenvalue weighted by Gasteiger charge is 2.28. The van der Waals surface area contributed by atoms with E-state index in [2.05, 4.69) is 5.32 Å². The van der Waals surface area contributed by atoms with Crippen molar-refractivity contribution >= 4 is 27.4 Å². The molecule has 1 saturated carbocycles. The van der Waals surface area contributed by atoms with Crippen molar-refractivity contribution < 1.29 is 22.7 Å². The van der Waals surface area contributed by atoms with Crippen molar-refractivity contribution in [1.29, 1.82) is 0 Å². The summed E-state index contributed by atoms with van der Waals surface area (Å²) >= 11 is 0. The third-order valence-electron chi connectivity index (χ3n) is 4.86. The summed E-state index contributed by atoms with van der Waals surface area (Å²) < 4.78 is 29.3. The molecule has 0 atom stereocenters. The van der Waals surface area contributed by atoms with Crippen LogP contribution in [0, 0.1) is 0 Å². The third-order valence-corrected chi connectivity index (χ3v) is 6.59. The Balaban J connectivity index is 1.75. The number of amides is 1. The van der Waals surface area contributed by atoms with Gasteiger partial charge in [-0.1, -0.05) is 26.2 Å². The van der Waals surface area contributed by atoms with Gasteiger partial charge in [-0.2, -0.15) is 0 Å². The second kappa shape index (κ2) is 7.65. The maximum absolute atomic E-state index is 12.4.